The van der Waals surface area contributed by atoms with Gasteiger partial charge >= 0.3 is 6.03 Å². The molecule has 0 radical (unpaired) electrons. The van der Waals surface area contributed by atoms with Crippen LogP contribution in [0.1, 0.15) is 35.7 Å². The Kier molecular flexibility index (Phi) is 7.16. The topological polar surface area (TPSA) is 69.6 Å². The number of unbranched alkanes of at least 4 members (excludes halogenated alkanes) is 1. The number of carbonyl (C=O) groups is 2. The third-order valence-electron chi connectivity index (χ3n) is 3.88. The zero-order valence-corrected chi connectivity index (χ0v) is 14.4. The molecule has 0 aromatic heterocycles. The summed E-state index contributed by atoms with van der Waals surface area (Å²) in [7, 11) is 0. The Morgan fingerprint density at radius 1 is 1.00 bits per heavy atom. The second kappa shape index (κ2) is 9.59. The van der Waals surface area contributed by atoms with Crippen molar-refractivity contribution < 1.29 is 14.7 Å². The quantitative estimate of drug-likeness (QED) is 0.569. The molecule has 132 valence electrons. The van der Waals surface area contributed by atoms with Gasteiger partial charge in [-0.3, -0.25) is 4.79 Å². The number of rotatable bonds is 8. The van der Waals surface area contributed by atoms with E-state index < -0.39 is 0 Å². The van der Waals surface area contributed by atoms with Crippen LogP contribution in [0.3, 0.4) is 0 Å². The van der Waals surface area contributed by atoms with Gasteiger partial charge in [0.2, 0.25) is 0 Å². The maximum Gasteiger partial charge on any atom is 0.322 e. The average molecular weight is 340 g/mol. The van der Waals surface area contributed by atoms with Crippen molar-refractivity contribution in [3.8, 4) is 0 Å². The van der Waals surface area contributed by atoms with Crippen molar-refractivity contribution in [2.75, 3.05) is 18.5 Å². The molecule has 5 nitrogen and oxygen atoms in total. The van der Waals surface area contributed by atoms with E-state index in [-0.39, 0.29) is 18.4 Å². The maximum atomic E-state index is 12.6. The molecule has 0 spiro atoms. The average Bonchev–Trinajstić information content (AvgIpc) is 2.62. The maximum absolute atomic E-state index is 12.6. The van der Waals surface area contributed by atoms with Crippen molar-refractivity contribution in [2.45, 2.75) is 26.3 Å². The van der Waals surface area contributed by atoms with Crippen LogP contribution in [0.25, 0.3) is 0 Å². The number of aliphatic hydroxyl groups is 1. The van der Waals surface area contributed by atoms with Gasteiger partial charge in [-0.05, 0) is 49.6 Å². The van der Waals surface area contributed by atoms with Gasteiger partial charge in [0.25, 0.3) is 0 Å². The molecular weight excluding hydrogens is 316 g/mol. The summed E-state index contributed by atoms with van der Waals surface area (Å²) in [5, 5.41) is 11.8. The fourth-order valence-corrected chi connectivity index (χ4v) is 2.46. The molecule has 0 aliphatic carbocycles. The third-order valence-corrected chi connectivity index (χ3v) is 3.88. The fourth-order valence-electron chi connectivity index (χ4n) is 2.46. The monoisotopic (exact) mass is 340 g/mol. The van der Waals surface area contributed by atoms with E-state index in [0.29, 0.717) is 30.8 Å². The summed E-state index contributed by atoms with van der Waals surface area (Å²) in [4.78, 5) is 25.7. The van der Waals surface area contributed by atoms with Gasteiger partial charge in [-0.25, -0.2) is 4.79 Å². The van der Waals surface area contributed by atoms with Crippen LogP contribution in [0.4, 0.5) is 10.5 Å². The van der Waals surface area contributed by atoms with Gasteiger partial charge in [0.1, 0.15) is 0 Å². The van der Waals surface area contributed by atoms with Crippen LogP contribution < -0.4 is 5.32 Å². The van der Waals surface area contributed by atoms with E-state index in [0.717, 1.165) is 12.0 Å². The van der Waals surface area contributed by atoms with Crippen LogP contribution in [0, 0.1) is 0 Å². The molecule has 0 fully saturated rings. The van der Waals surface area contributed by atoms with E-state index in [9.17, 15) is 9.59 Å². The first kappa shape index (κ1) is 18.7. The highest BCUT2D eigenvalue weighted by Gasteiger charge is 2.14. The number of benzene rings is 2. The van der Waals surface area contributed by atoms with Crippen LogP contribution in [-0.2, 0) is 6.54 Å². The molecular formula is C20H24N2O3. The van der Waals surface area contributed by atoms with Gasteiger partial charge in [-0.2, -0.15) is 0 Å². The van der Waals surface area contributed by atoms with E-state index in [1.54, 1.807) is 29.2 Å². The smallest absolute Gasteiger partial charge is 0.322 e. The lowest BCUT2D eigenvalue weighted by atomic mass is 10.1. The van der Waals surface area contributed by atoms with E-state index in [1.165, 1.54) is 6.92 Å². The minimum Gasteiger partial charge on any atom is -0.396 e. The molecule has 2 aromatic carbocycles. The number of Topliss-reactive ketones (excluding diaryl/α,β-unsaturated/α-hetero) is 1. The Balaban J connectivity index is 2.04. The second-order valence-corrected chi connectivity index (χ2v) is 5.90. The molecule has 2 aromatic rings. The van der Waals surface area contributed by atoms with Crippen molar-refractivity contribution >= 4 is 17.5 Å². The molecule has 0 saturated heterocycles. The number of nitrogens with one attached hydrogen (secondary N) is 1. The van der Waals surface area contributed by atoms with Gasteiger partial charge in [-0.1, -0.05) is 30.3 Å². The molecule has 2 amide bonds. The van der Waals surface area contributed by atoms with Crippen molar-refractivity contribution in [2.24, 2.45) is 0 Å². The van der Waals surface area contributed by atoms with Crippen LogP contribution in [0.5, 0.6) is 0 Å². The van der Waals surface area contributed by atoms with Gasteiger partial charge in [0.05, 0.1) is 0 Å². The molecule has 2 rings (SSSR count). The van der Waals surface area contributed by atoms with Crippen molar-refractivity contribution in [1.82, 2.24) is 4.90 Å². The van der Waals surface area contributed by atoms with E-state index in [4.69, 9.17) is 5.11 Å². The molecule has 0 heterocycles. The van der Waals surface area contributed by atoms with Crippen LogP contribution in [0.15, 0.2) is 54.6 Å². The molecule has 0 bridgehead atoms. The number of aliphatic hydroxyl groups excluding tert-OH is 1. The summed E-state index contributed by atoms with van der Waals surface area (Å²) >= 11 is 0. The predicted octanol–water partition coefficient (Wildman–Crippen LogP) is 3.70. The summed E-state index contributed by atoms with van der Waals surface area (Å²) in [5.41, 5.74) is 2.31. The van der Waals surface area contributed by atoms with Crippen molar-refractivity contribution in [3.63, 3.8) is 0 Å². The van der Waals surface area contributed by atoms with E-state index in [1.807, 2.05) is 30.3 Å². The number of hydrogen-bond acceptors (Lipinski definition) is 3. The molecule has 25 heavy (non-hydrogen) atoms. The number of hydrogen-bond donors (Lipinski definition) is 2. The Labute approximate surface area is 148 Å². The first-order valence-corrected chi connectivity index (χ1v) is 8.42. The number of urea groups is 1. The highest BCUT2D eigenvalue weighted by atomic mass is 16.3. The molecule has 0 aliphatic rings. The van der Waals surface area contributed by atoms with Gasteiger partial charge < -0.3 is 15.3 Å². The standard InChI is InChI=1S/C20H24N2O3/c1-16(24)18-9-11-19(12-10-18)21-20(25)22(13-5-6-14-23)15-17-7-3-2-4-8-17/h2-4,7-12,23H,5-6,13-15H2,1H3,(H,21,25). The Hall–Kier alpha value is -2.66. The highest BCUT2D eigenvalue weighted by molar-refractivity contribution is 5.95. The third kappa shape index (κ3) is 6.04. The van der Waals surface area contributed by atoms with Crippen LogP contribution in [0.2, 0.25) is 0 Å². The first-order valence-electron chi connectivity index (χ1n) is 8.42. The number of carbonyl (C=O) groups excluding carboxylic acids is 2. The molecule has 2 N–H and O–H groups in total. The Morgan fingerprint density at radius 3 is 2.28 bits per heavy atom. The normalized spacial score (nSPS) is 10.3. The Morgan fingerprint density at radius 2 is 1.68 bits per heavy atom. The molecule has 5 heteroatoms. The zero-order chi connectivity index (χ0) is 18.1. The lowest BCUT2D eigenvalue weighted by Gasteiger charge is -2.23. The minimum atomic E-state index is -0.197. The van der Waals surface area contributed by atoms with Crippen LogP contribution in [-0.4, -0.2) is 35.0 Å². The summed E-state index contributed by atoms with van der Waals surface area (Å²) in [6.45, 7) is 2.69. The van der Waals surface area contributed by atoms with Gasteiger partial charge in [0, 0.05) is 30.9 Å². The summed E-state index contributed by atoms with van der Waals surface area (Å²) in [5.74, 6) is -0.00687. The number of nitrogens with zero attached hydrogens (tertiary/aromatic N) is 1. The zero-order valence-electron chi connectivity index (χ0n) is 14.4. The molecule has 0 unspecified atom stereocenters. The lowest BCUT2D eigenvalue weighted by molar-refractivity contribution is 0.101. The number of anilines is 1. The highest BCUT2D eigenvalue weighted by Crippen LogP contribution is 2.13. The largest absolute Gasteiger partial charge is 0.396 e. The van der Waals surface area contributed by atoms with Crippen molar-refractivity contribution in [1.29, 1.82) is 0 Å². The summed E-state index contributed by atoms with van der Waals surface area (Å²) < 4.78 is 0. The summed E-state index contributed by atoms with van der Waals surface area (Å²) in [6.07, 6.45) is 1.39. The second-order valence-electron chi connectivity index (χ2n) is 5.90. The lowest BCUT2D eigenvalue weighted by Crippen LogP contribution is -2.35. The predicted molar refractivity (Wildman–Crippen MR) is 98.6 cm³/mol. The van der Waals surface area contributed by atoms with Crippen molar-refractivity contribution in [3.05, 3.63) is 65.7 Å². The summed E-state index contributed by atoms with van der Waals surface area (Å²) in [6, 6.07) is 16.4. The van der Waals surface area contributed by atoms with Gasteiger partial charge in [-0.15, -0.1) is 0 Å². The van der Waals surface area contributed by atoms with Crippen LogP contribution >= 0.6 is 0 Å². The fraction of sp³-hybridized carbons (Fsp3) is 0.300. The molecule has 0 aliphatic heterocycles. The first-order chi connectivity index (χ1) is 12.1. The number of ketones is 1. The SMILES string of the molecule is CC(=O)c1ccc(NC(=O)N(CCCCO)Cc2ccccc2)cc1. The Bertz CT molecular complexity index is 684. The molecule has 0 saturated carbocycles. The number of amides is 2. The van der Waals surface area contributed by atoms with E-state index >= 15 is 0 Å². The minimum absolute atomic E-state index is 0.00687. The molecule has 0 atom stereocenters. The van der Waals surface area contributed by atoms with Gasteiger partial charge in [0.15, 0.2) is 5.78 Å². The van der Waals surface area contributed by atoms with E-state index in [2.05, 4.69) is 5.32 Å².